The highest BCUT2D eigenvalue weighted by molar-refractivity contribution is 7.98. The molecule has 1 aromatic heterocycles. The molecule has 160 valence electrons. The molecule has 4 rings (SSSR count). The van der Waals surface area contributed by atoms with Gasteiger partial charge in [-0.15, -0.1) is 0 Å². The Morgan fingerprint density at radius 2 is 1.71 bits per heavy atom. The second-order valence-electron chi connectivity index (χ2n) is 7.69. The van der Waals surface area contributed by atoms with E-state index in [0.29, 0.717) is 11.3 Å². The summed E-state index contributed by atoms with van der Waals surface area (Å²) in [5, 5.41) is 9.90. The van der Waals surface area contributed by atoms with E-state index in [1.54, 1.807) is 18.2 Å². The van der Waals surface area contributed by atoms with Crippen LogP contribution < -0.4 is 4.90 Å². The Balaban J connectivity index is 1.37. The molecule has 0 aliphatic carbocycles. The summed E-state index contributed by atoms with van der Waals surface area (Å²) in [4.78, 5) is 25.3. The number of hydrogen-bond acceptors (Lipinski definition) is 6. The molecule has 2 heterocycles. The van der Waals surface area contributed by atoms with Crippen LogP contribution in [-0.2, 0) is 12.3 Å². The second-order valence-corrected chi connectivity index (χ2v) is 8.64. The van der Waals surface area contributed by atoms with Gasteiger partial charge in [0.2, 0.25) is 0 Å². The number of carboxylic acid groups (broad SMARTS) is 1. The lowest BCUT2D eigenvalue weighted by Gasteiger charge is -2.35. The minimum Gasteiger partial charge on any atom is -0.478 e. The first-order chi connectivity index (χ1) is 15.1. The van der Waals surface area contributed by atoms with Crippen molar-refractivity contribution < 1.29 is 9.90 Å². The third kappa shape index (κ3) is 5.83. The maximum Gasteiger partial charge on any atom is 0.335 e. The fourth-order valence-corrected chi connectivity index (χ4v) is 4.51. The summed E-state index contributed by atoms with van der Waals surface area (Å²) >= 11 is 1.54. The molecule has 1 saturated heterocycles. The van der Waals surface area contributed by atoms with Gasteiger partial charge in [0.05, 0.1) is 5.56 Å². The first-order valence-corrected chi connectivity index (χ1v) is 11.4. The van der Waals surface area contributed by atoms with Gasteiger partial charge in [0.1, 0.15) is 5.82 Å². The molecular weight excluding hydrogens is 408 g/mol. The molecule has 1 fully saturated rings. The van der Waals surface area contributed by atoms with E-state index in [1.165, 1.54) is 17.3 Å². The van der Waals surface area contributed by atoms with Gasteiger partial charge in [-0.25, -0.2) is 14.8 Å². The number of rotatable bonds is 7. The van der Waals surface area contributed by atoms with Crippen LogP contribution in [0.2, 0.25) is 0 Å². The van der Waals surface area contributed by atoms with Crippen molar-refractivity contribution in [3.05, 3.63) is 83.0 Å². The predicted octanol–water partition coefficient (Wildman–Crippen LogP) is 4.10. The number of aromatic nitrogens is 2. The van der Waals surface area contributed by atoms with Crippen LogP contribution in [0.5, 0.6) is 0 Å². The van der Waals surface area contributed by atoms with Crippen LogP contribution in [0.4, 0.5) is 5.82 Å². The molecule has 1 N–H and O–H groups in total. The number of anilines is 1. The number of carbonyl (C=O) groups is 1. The largest absolute Gasteiger partial charge is 0.478 e. The molecule has 6 nitrogen and oxygen atoms in total. The molecule has 0 unspecified atom stereocenters. The lowest BCUT2D eigenvalue weighted by molar-refractivity contribution is 0.0696. The van der Waals surface area contributed by atoms with Gasteiger partial charge in [-0.05, 0) is 30.2 Å². The minimum atomic E-state index is -0.910. The van der Waals surface area contributed by atoms with E-state index < -0.39 is 5.97 Å². The number of hydrogen-bond donors (Lipinski definition) is 1. The van der Waals surface area contributed by atoms with Crippen LogP contribution >= 0.6 is 11.8 Å². The Morgan fingerprint density at radius 1 is 0.968 bits per heavy atom. The summed E-state index contributed by atoms with van der Waals surface area (Å²) < 4.78 is 0. The molecule has 1 aliphatic rings. The van der Waals surface area contributed by atoms with Crippen molar-refractivity contribution in [1.29, 1.82) is 0 Å². The molecule has 31 heavy (non-hydrogen) atoms. The van der Waals surface area contributed by atoms with Crippen molar-refractivity contribution in [2.45, 2.75) is 24.4 Å². The summed E-state index contributed by atoms with van der Waals surface area (Å²) in [6.07, 6.45) is 0. The van der Waals surface area contributed by atoms with Gasteiger partial charge in [-0.1, -0.05) is 54.2 Å². The van der Waals surface area contributed by atoms with Gasteiger partial charge in [-0.2, -0.15) is 0 Å². The molecule has 0 saturated carbocycles. The monoisotopic (exact) mass is 434 g/mol. The first kappa shape index (κ1) is 21.3. The highest BCUT2D eigenvalue weighted by Crippen LogP contribution is 2.24. The molecule has 2 aromatic carbocycles. The average molecular weight is 435 g/mol. The number of piperazine rings is 1. The molecule has 0 bridgehead atoms. The predicted molar refractivity (Wildman–Crippen MR) is 124 cm³/mol. The minimum absolute atomic E-state index is 0.303. The number of aryl methyl sites for hydroxylation is 1. The van der Waals surface area contributed by atoms with Crippen molar-refractivity contribution in [2.75, 3.05) is 31.1 Å². The number of nitrogens with zero attached hydrogens (tertiary/aromatic N) is 4. The fourth-order valence-electron chi connectivity index (χ4n) is 3.67. The van der Waals surface area contributed by atoms with Crippen molar-refractivity contribution in [3.8, 4) is 0 Å². The van der Waals surface area contributed by atoms with Gasteiger partial charge < -0.3 is 10.0 Å². The molecule has 7 heteroatoms. The van der Waals surface area contributed by atoms with Crippen LogP contribution in [0.3, 0.4) is 0 Å². The molecule has 0 amide bonds. The van der Waals surface area contributed by atoms with E-state index in [-0.39, 0.29) is 0 Å². The Labute approximate surface area is 186 Å². The Hall–Kier alpha value is -2.90. The Bertz CT molecular complexity index is 1040. The third-order valence-corrected chi connectivity index (χ3v) is 6.23. The standard InChI is InChI=1S/C24H26N4O2S/c1-18-14-22(28-12-10-27(11-13-28)16-19-6-3-2-4-7-19)26-24(25-18)31-17-20-8-5-9-21(15-20)23(29)30/h2-9,14-15H,10-13,16-17H2,1H3,(H,29,30). The molecule has 1 aliphatic heterocycles. The van der Waals surface area contributed by atoms with E-state index in [9.17, 15) is 9.90 Å². The van der Waals surface area contributed by atoms with Crippen LogP contribution in [0, 0.1) is 6.92 Å². The Morgan fingerprint density at radius 3 is 2.45 bits per heavy atom. The summed E-state index contributed by atoms with van der Waals surface area (Å²) in [6, 6.07) is 19.6. The second kappa shape index (κ2) is 9.94. The average Bonchev–Trinajstić information content (AvgIpc) is 2.79. The smallest absolute Gasteiger partial charge is 0.335 e. The lowest BCUT2D eigenvalue weighted by atomic mass is 10.1. The molecule has 3 aromatic rings. The summed E-state index contributed by atoms with van der Waals surface area (Å²) in [6.45, 7) is 6.85. The van der Waals surface area contributed by atoms with E-state index in [2.05, 4.69) is 45.1 Å². The van der Waals surface area contributed by atoms with Crippen molar-refractivity contribution >= 4 is 23.5 Å². The zero-order chi connectivity index (χ0) is 21.6. The highest BCUT2D eigenvalue weighted by Gasteiger charge is 2.19. The topological polar surface area (TPSA) is 69.6 Å². The molecular formula is C24H26N4O2S. The molecule has 0 radical (unpaired) electrons. The van der Waals surface area contributed by atoms with Crippen molar-refractivity contribution in [2.24, 2.45) is 0 Å². The fraction of sp³-hybridized carbons (Fsp3) is 0.292. The number of aromatic carboxylic acids is 1. The summed E-state index contributed by atoms with van der Waals surface area (Å²) in [5.74, 6) is 0.690. The Kier molecular flexibility index (Phi) is 6.84. The zero-order valence-electron chi connectivity index (χ0n) is 17.6. The van der Waals surface area contributed by atoms with Crippen molar-refractivity contribution in [1.82, 2.24) is 14.9 Å². The quantitative estimate of drug-likeness (QED) is 0.443. The maximum absolute atomic E-state index is 11.2. The molecule has 0 atom stereocenters. The third-order valence-electron chi connectivity index (χ3n) is 5.31. The summed E-state index contributed by atoms with van der Waals surface area (Å²) in [7, 11) is 0. The highest BCUT2D eigenvalue weighted by atomic mass is 32.2. The molecule has 0 spiro atoms. The van der Waals surface area contributed by atoms with Crippen LogP contribution in [0.1, 0.15) is 27.2 Å². The normalized spacial score (nSPS) is 14.5. The first-order valence-electron chi connectivity index (χ1n) is 10.4. The SMILES string of the molecule is Cc1cc(N2CCN(Cc3ccccc3)CC2)nc(SCc2cccc(C(=O)O)c2)n1. The van der Waals surface area contributed by atoms with E-state index in [0.717, 1.165) is 55.0 Å². The van der Waals surface area contributed by atoms with Crippen molar-refractivity contribution in [3.63, 3.8) is 0 Å². The zero-order valence-corrected chi connectivity index (χ0v) is 18.4. The number of benzene rings is 2. The lowest BCUT2D eigenvalue weighted by Crippen LogP contribution is -2.46. The van der Waals surface area contributed by atoms with Gasteiger partial charge in [-0.3, -0.25) is 4.90 Å². The van der Waals surface area contributed by atoms with Crippen LogP contribution in [0.25, 0.3) is 0 Å². The van der Waals surface area contributed by atoms with Crippen LogP contribution in [-0.4, -0.2) is 52.1 Å². The summed E-state index contributed by atoms with van der Waals surface area (Å²) in [5.41, 5.74) is 3.54. The van der Waals surface area contributed by atoms with Gasteiger partial charge in [0.25, 0.3) is 0 Å². The number of carboxylic acids is 1. The van der Waals surface area contributed by atoms with Gasteiger partial charge in [0.15, 0.2) is 5.16 Å². The van der Waals surface area contributed by atoms with E-state index >= 15 is 0 Å². The van der Waals surface area contributed by atoms with E-state index in [4.69, 9.17) is 4.98 Å². The van der Waals surface area contributed by atoms with Gasteiger partial charge >= 0.3 is 5.97 Å². The van der Waals surface area contributed by atoms with Gasteiger partial charge in [0, 0.05) is 50.2 Å². The number of thioether (sulfide) groups is 1. The maximum atomic E-state index is 11.2. The van der Waals surface area contributed by atoms with E-state index in [1.807, 2.05) is 19.1 Å². The van der Waals surface area contributed by atoms with Crippen LogP contribution in [0.15, 0.2) is 65.8 Å².